The number of rotatable bonds is 6. The molecule has 0 spiro atoms. The molecule has 0 amide bonds. The van der Waals surface area contributed by atoms with Crippen molar-refractivity contribution in [1.29, 1.82) is 0 Å². The lowest BCUT2D eigenvalue weighted by molar-refractivity contribution is 0.151. The van der Waals surface area contributed by atoms with Gasteiger partial charge in [0, 0.05) is 19.6 Å². The van der Waals surface area contributed by atoms with Gasteiger partial charge >= 0.3 is 0 Å². The van der Waals surface area contributed by atoms with Gasteiger partial charge in [-0.05, 0) is 53.4 Å². The van der Waals surface area contributed by atoms with E-state index in [9.17, 15) is 0 Å². The molecule has 1 aliphatic rings. The molecule has 1 aromatic rings. The molecule has 0 bridgehead atoms. The number of hydrazine groups is 1. The number of piperidine rings is 1. The molecule has 0 unspecified atom stereocenters. The highest BCUT2D eigenvalue weighted by Gasteiger charge is 2.13. The number of benzene rings is 1. The van der Waals surface area contributed by atoms with Crippen LogP contribution in [0.4, 0.5) is 0 Å². The number of nitrogens with zero attached hydrogens (tertiary/aromatic N) is 1. The third-order valence-corrected chi connectivity index (χ3v) is 4.03. The van der Waals surface area contributed by atoms with E-state index in [2.05, 4.69) is 32.4 Å². The molecule has 1 saturated heterocycles. The summed E-state index contributed by atoms with van der Waals surface area (Å²) < 4.78 is 12.0. The summed E-state index contributed by atoms with van der Waals surface area (Å²) in [6.07, 6.45) is 3.91. The molecule has 2 rings (SSSR count). The summed E-state index contributed by atoms with van der Waals surface area (Å²) in [5.41, 5.74) is 4.67. The Balaban J connectivity index is 2.02. The lowest BCUT2D eigenvalue weighted by Gasteiger charge is -2.27. The highest BCUT2D eigenvalue weighted by Crippen LogP contribution is 2.36. The van der Waals surface area contributed by atoms with Gasteiger partial charge in [-0.15, -0.1) is 0 Å². The summed E-state index contributed by atoms with van der Waals surface area (Å²) in [5.74, 6) is 1.55. The van der Waals surface area contributed by atoms with E-state index in [-0.39, 0.29) is 0 Å². The lowest BCUT2D eigenvalue weighted by Crippen LogP contribution is -2.41. The van der Waals surface area contributed by atoms with Crippen LogP contribution in [0.3, 0.4) is 0 Å². The summed E-state index contributed by atoms with van der Waals surface area (Å²) in [7, 11) is 1.67. The normalized spacial score (nSPS) is 16.1. The Morgan fingerprint density at radius 2 is 2.00 bits per heavy atom. The first-order chi connectivity index (χ1) is 9.74. The summed E-state index contributed by atoms with van der Waals surface area (Å²) in [4.78, 5) is 0. The topological polar surface area (TPSA) is 33.7 Å². The predicted molar refractivity (Wildman–Crippen MR) is 84.1 cm³/mol. The van der Waals surface area contributed by atoms with E-state index in [0.717, 1.165) is 35.6 Å². The average Bonchev–Trinajstić information content (AvgIpc) is 2.48. The molecule has 1 N–H and O–H groups in total. The maximum absolute atomic E-state index is 5.61. The maximum atomic E-state index is 5.61. The van der Waals surface area contributed by atoms with Gasteiger partial charge < -0.3 is 9.47 Å². The van der Waals surface area contributed by atoms with Crippen molar-refractivity contribution in [2.45, 2.75) is 32.7 Å². The van der Waals surface area contributed by atoms with E-state index in [4.69, 9.17) is 9.47 Å². The van der Waals surface area contributed by atoms with E-state index in [1.54, 1.807) is 7.11 Å². The molecule has 1 heterocycles. The van der Waals surface area contributed by atoms with Crippen LogP contribution in [0.5, 0.6) is 11.5 Å². The van der Waals surface area contributed by atoms with E-state index in [1.165, 1.54) is 24.8 Å². The zero-order valence-electron chi connectivity index (χ0n) is 12.2. The van der Waals surface area contributed by atoms with Crippen LogP contribution in [0.15, 0.2) is 16.6 Å². The minimum Gasteiger partial charge on any atom is -0.493 e. The molecule has 112 valence electrons. The average molecular weight is 343 g/mol. The van der Waals surface area contributed by atoms with Crippen molar-refractivity contribution in [1.82, 2.24) is 10.4 Å². The second kappa shape index (κ2) is 7.86. The minimum atomic E-state index is 0.625. The number of methoxy groups -OCH3 is 1. The first-order valence-electron chi connectivity index (χ1n) is 7.22. The summed E-state index contributed by atoms with van der Waals surface area (Å²) in [5, 5.41) is 2.31. The van der Waals surface area contributed by atoms with E-state index >= 15 is 0 Å². The van der Waals surface area contributed by atoms with Gasteiger partial charge in [-0.25, -0.2) is 5.01 Å². The molecule has 4 nitrogen and oxygen atoms in total. The summed E-state index contributed by atoms with van der Waals surface area (Å²) >= 11 is 3.56. The number of hydrogen-bond donors (Lipinski definition) is 1. The smallest absolute Gasteiger partial charge is 0.175 e. The first kappa shape index (κ1) is 15.6. The van der Waals surface area contributed by atoms with Crippen LogP contribution in [0.2, 0.25) is 0 Å². The van der Waals surface area contributed by atoms with E-state index in [0.29, 0.717) is 6.61 Å². The van der Waals surface area contributed by atoms with Gasteiger partial charge in [-0.3, -0.25) is 5.43 Å². The van der Waals surface area contributed by atoms with Crippen molar-refractivity contribution in [3.8, 4) is 11.5 Å². The second-order valence-electron chi connectivity index (χ2n) is 4.92. The fraction of sp³-hybridized carbons (Fsp3) is 0.600. The van der Waals surface area contributed by atoms with Crippen LogP contribution in [-0.4, -0.2) is 31.8 Å². The molecule has 1 aromatic carbocycles. The number of hydrogen-bond acceptors (Lipinski definition) is 4. The number of halogens is 1. The highest BCUT2D eigenvalue weighted by atomic mass is 79.9. The largest absolute Gasteiger partial charge is 0.493 e. The van der Waals surface area contributed by atoms with Crippen molar-refractivity contribution in [2.75, 3.05) is 26.8 Å². The van der Waals surface area contributed by atoms with Gasteiger partial charge in [0.15, 0.2) is 11.5 Å². The number of nitrogens with one attached hydrogen (secondary N) is 1. The Morgan fingerprint density at radius 1 is 1.25 bits per heavy atom. The quantitative estimate of drug-likeness (QED) is 0.859. The van der Waals surface area contributed by atoms with Gasteiger partial charge in [0.2, 0.25) is 0 Å². The Hall–Kier alpha value is -0.780. The van der Waals surface area contributed by atoms with Gasteiger partial charge in [-0.1, -0.05) is 6.42 Å². The molecule has 0 radical (unpaired) electrons. The van der Waals surface area contributed by atoms with Crippen LogP contribution >= 0.6 is 15.9 Å². The third-order valence-electron chi connectivity index (χ3n) is 3.44. The van der Waals surface area contributed by atoms with Crippen molar-refractivity contribution in [2.24, 2.45) is 0 Å². The monoisotopic (exact) mass is 342 g/mol. The highest BCUT2D eigenvalue weighted by molar-refractivity contribution is 9.10. The predicted octanol–water partition coefficient (Wildman–Crippen LogP) is 3.35. The molecule has 5 heteroatoms. The molecular formula is C15H23BrN2O2. The molecular weight excluding hydrogens is 320 g/mol. The zero-order chi connectivity index (χ0) is 14.4. The molecule has 0 saturated carbocycles. The summed E-state index contributed by atoms with van der Waals surface area (Å²) in [6, 6.07) is 4.12. The van der Waals surface area contributed by atoms with Gasteiger partial charge in [0.1, 0.15) is 0 Å². The van der Waals surface area contributed by atoms with Crippen LogP contribution in [0.25, 0.3) is 0 Å². The Morgan fingerprint density at radius 3 is 2.65 bits per heavy atom. The molecule has 0 atom stereocenters. The maximum Gasteiger partial charge on any atom is 0.175 e. The van der Waals surface area contributed by atoms with Gasteiger partial charge in [-0.2, -0.15) is 0 Å². The molecule has 1 aliphatic heterocycles. The first-order valence-corrected chi connectivity index (χ1v) is 8.01. The Bertz CT molecular complexity index is 434. The summed E-state index contributed by atoms with van der Waals surface area (Å²) in [6.45, 7) is 5.67. The molecule has 20 heavy (non-hydrogen) atoms. The Kier molecular flexibility index (Phi) is 6.13. The Labute approximate surface area is 129 Å². The zero-order valence-corrected chi connectivity index (χ0v) is 13.8. The van der Waals surface area contributed by atoms with Crippen molar-refractivity contribution < 1.29 is 9.47 Å². The van der Waals surface area contributed by atoms with Gasteiger partial charge in [0.05, 0.1) is 18.2 Å². The molecule has 0 aliphatic carbocycles. The lowest BCUT2D eigenvalue weighted by atomic mass is 10.1. The minimum absolute atomic E-state index is 0.625. The van der Waals surface area contributed by atoms with Crippen LogP contribution in [0.1, 0.15) is 31.7 Å². The van der Waals surface area contributed by atoms with Crippen LogP contribution in [0, 0.1) is 0 Å². The van der Waals surface area contributed by atoms with Crippen LogP contribution < -0.4 is 14.9 Å². The second-order valence-corrected chi connectivity index (χ2v) is 5.78. The van der Waals surface area contributed by atoms with Crippen molar-refractivity contribution in [3.05, 3.63) is 22.2 Å². The van der Waals surface area contributed by atoms with E-state index in [1.807, 2.05) is 13.0 Å². The fourth-order valence-electron chi connectivity index (χ4n) is 2.41. The molecule has 0 aromatic heterocycles. The fourth-order valence-corrected chi connectivity index (χ4v) is 3.02. The van der Waals surface area contributed by atoms with Crippen molar-refractivity contribution >= 4 is 15.9 Å². The molecule has 1 fully saturated rings. The number of ether oxygens (including phenoxy) is 2. The van der Waals surface area contributed by atoms with Crippen LogP contribution in [-0.2, 0) is 6.54 Å². The van der Waals surface area contributed by atoms with E-state index < -0.39 is 0 Å². The van der Waals surface area contributed by atoms with Crippen molar-refractivity contribution in [3.63, 3.8) is 0 Å². The van der Waals surface area contributed by atoms with Gasteiger partial charge in [0.25, 0.3) is 0 Å². The third kappa shape index (κ3) is 4.11. The SMILES string of the molecule is CCOc1c(Br)cc(CNN2CCCCC2)cc1OC. The standard InChI is InChI=1S/C15H23BrN2O2/c1-3-20-15-13(16)9-12(10-14(15)19-2)11-17-18-7-5-4-6-8-18/h9-10,17H,3-8,11H2,1-2H3.